The van der Waals surface area contributed by atoms with Crippen molar-refractivity contribution in [2.24, 2.45) is 16.1 Å². The summed E-state index contributed by atoms with van der Waals surface area (Å²) in [6.45, 7) is 11.1. The van der Waals surface area contributed by atoms with Gasteiger partial charge in [-0.3, -0.25) is 0 Å². The molecule has 200 valence electrons. The van der Waals surface area contributed by atoms with Gasteiger partial charge in [-0.25, -0.2) is 23.5 Å². The fourth-order valence-corrected chi connectivity index (χ4v) is 6.67. The van der Waals surface area contributed by atoms with Gasteiger partial charge in [-0.2, -0.15) is 0 Å². The maximum atomic E-state index is 15.1. The molecule has 12 heteroatoms. The van der Waals surface area contributed by atoms with Crippen LogP contribution < -0.4 is 0 Å². The third kappa shape index (κ3) is 6.49. The highest BCUT2D eigenvalue weighted by Crippen LogP contribution is 2.66. The minimum Gasteiger partial charge on any atom is -0.443 e. The van der Waals surface area contributed by atoms with E-state index in [4.69, 9.17) is 9.47 Å². The maximum absolute atomic E-state index is 15.1. The number of nitrogens with zero attached hydrogens (tertiary/aromatic N) is 3. The van der Waals surface area contributed by atoms with E-state index >= 15 is 4.39 Å². The van der Waals surface area contributed by atoms with Crippen LogP contribution >= 0.6 is 27.7 Å². The molecule has 1 amide bonds. The first-order chi connectivity index (χ1) is 16.7. The maximum Gasteiger partial charge on any atom is 0.418 e. The standard InChI is InChI=1S/C24H34BrF2N3O4SSi/c1-22(2,3)34-21(31)30(15-33-9-10-36(4,5)6)20-29-24(13-26,17-11-16(25)7-8-18(17)27)19-12-23(19,35-20)14-28-32/h7-8,11,14,19,32H,9-10,12-13,15H2,1-6H3/b28-14+/t19?,23-,24-/m1/s1. The lowest BCUT2D eigenvalue weighted by Gasteiger charge is -2.37. The number of carbonyl (C=O) groups is 1. The summed E-state index contributed by atoms with van der Waals surface area (Å²) in [7, 11) is -1.38. The SMILES string of the molecule is CC(C)(C)OC(=O)N(COCC[Si](C)(C)C)C1=N[C@](CF)(c2cc(Br)ccc2F)C2C[C@]2(/C=N/O)S1. The van der Waals surface area contributed by atoms with Crippen LogP contribution in [0.25, 0.3) is 0 Å². The predicted octanol–water partition coefficient (Wildman–Crippen LogP) is 6.62. The summed E-state index contributed by atoms with van der Waals surface area (Å²) in [5.41, 5.74) is -2.35. The monoisotopic (exact) mass is 605 g/mol. The van der Waals surface area contributed by atoms with Crippen molar-refractivity contribution in [1.82, 2.24) is 4.90 Å². The van der Waals surface area contributed by atoms with Gasteiger partial charge in [0.2, 0.25) is 0 Å². The smallest absolute Gasteiger partial charge is 0.418 e. The van der Waals surface area contributed by atoms with E-state index < -0.39 is 48.5 Å². The first kappa shape index (κ1) is 29.1. The van der Waals surface area contributed by atoms with E-state index in [0.29, 0.717) is 17.5 Å². The minimum atomic E-state index is -1.62. The Morgan fingerprint density at radius 3 is 2.69 bits per heavy atom. The van der Waals surface area contributed by atoms with E-state index in [9.17, 15) is 14.4 Å². The van der Waals surface area contributed by atoms with Gasteiger partial charge in [-0.15, -0.1) is 5.16 Å². The Morgan fingerprint density at radius 2 is 2.11 bits per heavy atom. The van der Waals surface area contributed by atoms with Crippen LogP contribution in [-0.4, -0.2) is 66.0 Å². The molecule has 1 aliphatic carbocycles. The quantitative estimate of drug-likeness (QED) is 0.0898. The second-order valence-corrected chi connectivity index (χ2v) is 19.3. The average molecular weight is 607 g/mol. The molecule has 0 radical (unpaired) electrons. The van der Waals surface area contributed by atoms with Gasteiger partial charge in [0.05, 0.1) is 11.0 Å². The largest absolute Gasteiger partial charge is 0.443 e. The Labute approximate surface area is 224 Å². The Bertz CT molecular complexity index is 1050. The summed E-state index contributed by atoms with van der Waals surface area (Å²) < 4.78 is 41.3. The first-order valence-corrected chi connectivity index (χ1v) is 17.1. The molecule has 1 saturated carbocycles. The molecule has 3 rings (SSSR count). The summed E-state index contributed by atoms with van der Waals surface area (Å²) >= 11 is 4.52. The number of hydrogen-bond acceptors (Lipinski definition) is 7. The molecule has 7 nitrogen and oxygen atoms in total. The molecular weight excluding hydrogens is 572 g/mol. The lowest BCUT2D eigenvalue weighted by Crippen LogP contribution is -2.47. The van der Waals surface area contributed by atoms with Crippen LogP contribution in [0.4, 0.5) is 13.6 Å². The highest BCUT2D eigenvalue weighted by molar-refractivity contribution is 9.10. The number of benzene rings is 1. The van der Waals surface area contributed by atoms with Gasteiger partial charge in [-0.1, -0.05) is 47.3 Å². The zero-order valence-corrected chi connectivity index (χ0v) is 24.9. The minimum absolute atomic E-state index is 0.0687. The summed E-state index contributed by atoms with van der Waals surface area (Å²) in [6, 6.07) is 5.17. The van der Waals surface area contributed by atoms with Crippen molar-refractivity contribution < 1.29 is 28.3 Å². The van der Waals surface area contributed by atoms with E-state index in [-0.39, 0.29) is 17.5 Å². The van der Waals surface area contributed by atoms with Gasteiger partial charge in [0.15, 0.2) is 5.17 Å². The summed E-state index contributed by atoms with van der Waals surface area (Å²) in [6.07, 6.45) is 0.999. The number of rotatable bonds is 8. The molecule has 3 atom stereocenters. The van der Waals surface area contributed by atoms with Gasteiger partial charge in [0.1, 0.15) is 30.4 Å². The molecule has 0 bridgehead atoms. The van der Waals surface area contributed by atoms with Gasteiger partial charge in [0, 0.05) is 30.6 Å². The van der Waals surface area contributed by atoms with E-state index in [2.05, 4.69) is 45.7 Å². The summed E-state index contributed by atoms with van der Waals surface area (Å²) in [5.74, 6) is -1.08. The number of oxime groups is 1. The Kier molecular flexibility index (Phi) is 8.64. The Morgan fingerprint density at radius 1 is 1.42 bits per heavy atom. The first-order valence-electron chi connectivity index (χ1n) is 11.7. The number of amides is 1. The number of amidine groups is 1. The van der Waals surface area contributed by atoms with E-state index in [0.717, 1.165) is 6.04 Å². The lowest BCUT2D eigenvalue weighted by molar-refractivity contribution is 0.0109. The van der Waals surface area contributed by atoms with Crippen LogP contribution in [0.15, 0.2) is 32.8 Å². The molecule has 0 saturated heterocycles. The number of fused-ring (bicyclic) bond motifs is 1. The zero-order valence-electron chi connectivity index (χ0n) is 21.5. The lowest BCUT2D eigenvalue weighted by atomic mass is 9.85. The second-order valence-electron chi connectivity index (χ2n) is 11.4. The fraction of sp³-hybridized carbons (Fsp3) is 0.625. The number of carbonyl (C=O) groups excluding carboxylic acids is 1. The molecule has 1 aromatic carbocycles. The predicted molar refractivity (Wildman–Crippen MR) is 145 cm³/mol. The molecule has 1 fully saturated rings. The van der Waals surface area contributed by atoms with Crippen LogP contribution in [-0.2, 0) is 15.0 Å². The normalized spacial score (nSPS) is 25.9. The highest BCUT2D eigenvalue weighted by Gasteiger charge is 2.69. The second kappa shape index (κ2) is 10.7. The molecule has 1 aliphatic heterocycles. The fourth-order valence-electron chi connectivity index (χ4n) is 4.08. The molecule has 1 N–H and O–H groups in total. The molecular formula is C24H34BrF2N3O4SSi. The highest BCUT2D eigenvalue weighted by atomic mass is 79.9. The molecule has 1 unspecified atom stereocenters. The number of alkyl halides is 1. The van der Waals surface area contributed by atoms with Crippen LogP contribution in [0.5, 0.6) is 0 Å². The van der Waals surface area contributed by atoms with Crippen molar-refractivity contribution in [3.63, 3.8) is 0 Å². The number of hydrogen-bond donors (Lipinski definition) is 1. The molecule has 36 heavy (non-hydrogen) atoms. The van der Waals surface area contributed by atoms with E-state index in [1.54, 1.807) is 20.8 Å². The van der Waals surface area contributed by atoms with Crippen LogP contribution in [0.1, 0.15) is 32.8 Å². The van der Waals surface area contributed by atoms with Crippen molar-refractivity contribution in [3.8, 4) is 0 Å². The van der Waals surface area contributed by atoms with Crippen molar-refractivity contribution in [2.45, 2.75) is 68.8 Å². The molecule has 1 aromatic rings. The number of halogens is 3. The summed E-state index contributed by atoms with van der Waals surface area (Å²) in [5, 5.41) is 12.7. The van der Waals surface area contributed by atoms with Crippen LogP contribution in [0.2, 0.25) is 25.7 Å². The van der Waals surface area contributed by atoms with Crippen molar-refractivity contribution in [3.05, 3.63) is 34.1 Å². The topological polar surface area (TPSA) is 83.7 Å². The van der Waals surface area contributed by atoms with Gasteiger partial charge >= 0.3 is 6.09 Å². The molecule has 0 aromatic heterocycles. The zero-order chi connectivity index (χ0) is 26.9. The number of thioether (sulfide) groups is 1. The third-order valence-electron chi connectivity index (χ3n) is 6.04. The van der Waals surface area contributed by atoms with Crippen LogP contribution in [0, 0.1) is 11.7 Å². The molecule has 1 heterocycles. The van der Waals surface area contributed by atoms with Crippen molar-refractivity contribution >= 4 is 53.2 Å². The summed E-state index contributed by atoms with van der Waals surface area (Å²) in [4.78, 5) is 19.2. The molecule has 2 aliphatic rings. The van der Waals surface area contributed by atoms with Crippen molar-refractivity contribution in [2.75, 3.05) is 20.0 Å². The van der Waals surface area contributed by atoms with Gasteiger partial charge in [-0.05, 0) is 51.4 Å². The number of aliphatic imine (C=N–C) groups is 1. The Hall–Kier alpha value is -1.50. The number of ether oxygens (including phenoxy) is 2. The van der Waals surface area contributed by atoms with Crippen molar-refractivity contribution in [1.29, 1.82) is 0 Å². The average Bonchev–Trinajstić information content (AvgIpc) is 3.47. The van der Waals surface area contributed by atoms with E-state index in [1.807, 2.05) is 0 Å². The molecule has 0 spiro atoms. The van der Waals surface area contributed by atoms with E-state index in [1.165, 1.54) is 41.1 Å². The van der Waals surface area contributed by atoms with Crippen LogP contribution in [0.3, 0.4) is 0 Å². The van der Waals surface area contributed by atoms with Gasteiger partial charge in [0.25, 0.3) is 0 Å². The van der Waals surface area contributed by atoms with Gasteiger partial charge < -0.3 is 14.7 Å². The third-order valence-corrected chi connectivity index (χ3v) is 9.67. The Balaban J connectivity index is 2.07.